The summed E-state index contributed by atoms with van der Waals surface area (Å²) in [5.74, 6) is 0.605. The topological polar surface area (TPSA) is 84.7 Å². The Morgan fingerprint density at radius 1 is 1.31 bits per heavy atom. The average molecular weight is 384 g/mol. The summed E-state index contributed by atoms with van der Waals surface area (Å²) in [5, 5.41) is 2.97. The van der Waals surface area contributed by atoms with Crippen molar-refractivity contribution in [2.24, 2.45) is 11.7 Å². The molecule has 7 heteroatoms. The number of benzene rings is 1. The molecule has 0 radical (unpaired) electrons. The zero-order valence-corrected chi connectivity index (χ0v) is 16.4. The fourth-order valence-corrected chi connectivity index (χ4v) is 2.84. The normalized spacial score (nSPS) is 17.2. The molecule has 26 heavy (non-hydrogen) atoms. The molecule has 6 nitrogen and oxygen atoms in total. The first-order valence-electron chi connectivity index (χ1n) is 8.89. The predicted molar refractivity (Wildman–Crippen MR) is 104 cm³/mol. The van der Waals surface area contributed by atoms with Crippen LogP contribution in [0.25, 0.3) is 0 Å². The molecule has 2 rings (SSSR count). The summed E-state index contributed by atoms with van der Waals surface area (Å²) >= 11 is 0. The zero-order chi connectivity index (χ0) is 18.3. The number of nitrogens with two attached hydrogens (primary N) is 1. The van der Waals surface area contributed by atoms with E-state index in [0.717, 1.165) is 18.6 Å². The van der Waals surface area contributed by atoms with Crippen LogP contribution in [0.1, 0.15) is 33.1 Å². The largest absolute Gasteiger partial charge is 0.493 e. The van der Waals surface area contributed by atoms with E-state index in [0.29, 0.717) is 32.7 Å². The third kappa shape index (κ3) is 6.84. The molecule has 3 N–H and O–H groups in total. The van der Waals surface area contributed by atoms with Crippen molar-refractivity contribution in [3.05, 3.63) is 30.3 Å². The van der Waals surface area contributed by atoms with Crippen molar-refractivity contribution in [1.29, 1.82) is 0 Å². The van der Waals surface area contributed by atoms with Gasteiger partial charge in [0.1, 0.15) is 5.75 Å². The SMILES string of the molecule is CC(C)(CN)NC(=O)C1CCCN(C(=O)CCOc2ccccc2)C1.Cl. The van der Waals surface area contributed by atoms with Gasteiger partial charge in [-0.25, -0.2) is 0 Å². The Balaban J connectivity index is 0.00000338. The molecule has 1 fully saturated rings. The first-order valence-corrected chi connectivity index (χ1v) is 8.89. The summed E-state index contributed by atoms with van der Waals surface area (Å²) in [6.45, 7) is 5.70. The number of para-hydroxylation sites is 1. The van der Waals surface area contributed by atoms with E-state index >= 15 is 0 Å². The molecular weight excluding hydrogens is 354 g/mol. The highest BCUT2D eigenvalue weighted by atomic mass is 35.5. The van der Waals surface area contributed by atoms with Crippen molar-refractivity contribution >= 4 is 24.2 Å². The van der Waals surface area contributed by atoms with E-state index in [-0.39, 0.29) is 30.1 Å². The Kier molecular flexibility index (Phi) is 8.88. The monoisotopic (exact) mass is 383 g/mol. The standard InChI is InChI=1S/C19H29N3O3.ClH/c1-19(2,14-20)21-18(24)15-7-6-11-22(13-15)17(23)10-12-25-16-8-4-3-5-9-16;/h3-5,8-9,15H,6-7,10-14,20H2,1-2H3,(H,21,24);1H. The van der Waals surface area contributed by atoms with E-state index < -0.39 is 5.54 Å². The van der Waals surface area contributed by atoms with Gasteiger partial charge in [0.05, 0.1) is 18.9 Å². The van der Waals surface area contributed by atoms with Crippen molar-refractivity contribution in [1.82, 2.24) is 10.2 Å². The number of carbonyl (C=O) groups is 2. The Labute approximate surface area is 161 Å². The minimum absolute atomic E-state index is 0. The number of hydrogen-bond acceptors (Lipinski definition) is 4. The molecule has 1 aliphatic heterocycles. The summed E-state index contributed by atoms with van der Waals surface area (Å²) in [5.41, 5.74) is 5.25. The summed E-state index contributed by atoms with van der Waals surface area (Å²) in [7, 11) is 0. The van der Waals surface area contributed by atoms with Gasteiger partial charge in [0.25, 0.3) is 0 Å². The average Bonchev–Trinajstić information content (AvgIpc) is 2.62. The van der Waals surface area contributed by atoms with Gasteiger partial charge in [0.2, 0.25) is 11.8 Å². The number of likely N-dealkylation sites (tertiary alicyclic amines) is 1. The Hall–Kier alpha value is -1.79. The number of ether oxygens (including phenoxy) is 1. The molecule has 0 bridgehead atoms. The molecule has 0 spiro atoms. The third-order valence-electron chi connectivity index (χ3n) is 4.44. The highest BCUT2D eigenvalue weighted by molar-refractivity contribution is 5.85. The van der Waals surface area contributed by atoms with Crippen LogP contribution in [0.2, 0.25) is 0 Å². The second-order valence-corrected chi connectivity index (χ2v) is 7.17. The fraction of sp³-hybridized carbons (Fsp3) is 0.579. The van der Waals surface area contributed by atoms with E-state index in [1.54, 1.807) is 4.90 Å². The summed E-state index contributed by atoms with van der Waals surface area (Å²) < 4.78 is 5.58. The molecule has 1 atom stereocenters. The molecule has 1 aromatic carbocycles. The molecule has 0 aromatic heterocycles. The van der Waals surface area contributed by atoms with Crippen LogP contribution in [-0.2, 0) is 9.59 Å². The van der Waals surface area contributed by atoms with Gasteiger partial charge in [0.15, 0.2) is 0 Å². The van der Waals surface area contributed by atoms with Crippen molar-refractivity contribution < 1.29 is 14.3 Å². The first kappa shape index (κ1) is 22.3. The first-order chi connectivity index (χ1) is 11.9. The number of nitrogens with zero attached hydrogens (tertiary/aromatic N) is 1. The molecule has 1 unspecified atom stereocenters. The molecule has 1 aromatic rings. The summed E-state index contributed by atoms with van der Waals surface area (Å²) in [6, 6.07) is 9.44. The summed E-state index contributed by atoms with van der Waals surface area (Å²) in [4.78, 5) is 26.6. The van der Waals surface area contributed by atoms with Crippen LogP contribution in [0.15, 0.2) is 30.3 Å². The van der Waals surface area contributed by atoms with Gasteiger partial charge in [-0.1, -0.05) is 18.2 Å². The van der Waals surface area contributed by atoms with Crippen LogP contribution in [0, 0.1) is 5.92 Å². The molecule has 1 aliphatic rings. The lowest BCUT2D eigenvalue weighted by molar-refractivity contribution is -0.136. The number of halogens is 1. The maximum absolute atomic E-state index is 12.4. The van der Waals surface area contributed by atoms with Crippen LogP contribution in [-0.4, -0.2) is 48.5 Å². The van der Waals surface area contributed by atoms with Crippen molar-refractivity contribution in [3.63, 3.8) is 0 Å². The van der Waals surface area contributed by atoms with E-state index in [1.807, 2.05) is 44.2 Å². The van der Waals surface area contributed by atoms with Gasteiger partial charge in [-0.05, 0) is 38.8 Å². The quantitative estimate of drug-likeness (QED) is 0.753. The number of piperidine rings is 1. The van der Waals surface area contributed by atoms with Crippen LogP contribution >= 0.6 is 12.4 Å². The maximum Gasteiger partial charge on any atom is 0.226 e. The van der Waals surface area contributed by atoms with Crippen molar-refractivity contribution in [2.45, 2.75) is 38.6 Å². The molecule has 2 amide bonds. The number of rotatable bonds is 7. The third-order valence-corrected chi connectivity index (χ3v) is 4.44. The van der Waals surface area contributed by atoms with Gasteiger partial charge in [-0.15, -0.1) is 12.4 Å². The number of nitrogens with one attached hydrogen (secondary N) is 1. The molecule has 0 saturated carbocycles. The fourth-order valence-electron chi connectivity index (χ4n) is 2.84. The molecule has 146 valence electrons. The van der Waals surface area contributed by atoms with Crippen LogP contribution < -0.4 is 15.8 Å². The van der Waals surface area contributed by atoms with Crippen LogP contribution in [0.3, 0.4) is 0 Å². The minimum Gasteiger partial charge on any atom is -0.493 e. The number of carbonyl (C=O) groups excluding carboxylic acids is 2. The molecule has 1 saturated heterocycles. The Morgan fingerprint density at radius 2 is 2.00 bits per heavy atom. The Bertz CT molecular complexity index is 581. The van der Waals surface area contributed by atoms with E-state index in [4.69, 9.17) is 10.5 Å². The highest BCUT2D eigenvalue weighted by Gasteiger charge is 2.30. The Morgan fingerprint density at radius 3 is 2.65 bits per heavy atom. The number of amides is 2. The predicted octanol–water partition coefficient (Wildman–Crippen LogP) is 1.97. The molecule has 1 heterocycles. The zero-order valence-electron chi connectivity index (χ0n) is 15.6. The second-order valence-electron chi connectivity index (χ2n) is 7.17. The van der Waals surface area contributed by atoms with Gasteiger partial charge < -0.3 is 20.7 Å². The lowest BCUT2D eigenvalue weighted by Gasteiger charge is -2.34. The van der Waals surface area contributed by atoms with Gasteiger partial charge in [0, 0.05) is 25.2 Å². The lowest BCUT2D eigenvalue weighted by Crippen LogP contribution is -2.53. The molecule has 0 aliphatic carbocycles. The van der Waals surface area contributed by atoms with Gasteiger partial charge >= 0.3 is 0 Å². The van der Waals surface area contributed by atoms with E-state index in [1.165, 1.54) is 0 Å². The number of hydrogen-bond donors (Lipinski definition) is 2. The van der Waals surface area contributed by atoms with Crippen molar-refractivity contribution in [2.75, 3.05) is 26.2 Å². The second kappa shape index (κ2) is 10.4. The van der Waals surface area contributed by atoms with Crippen LogP contribution in [0.4, 0.5) is 0 Å². The smallest absolute Gasteiger partial charge is 0.226 e. The van der Waals surface area contributed by atoms with E-state index in [9.17, 15) is 9.59 Å². The highest BCUT2D eigenvalue weighted by Crippen LogP contribution is 2.19. The van der Waals surface area contributed by atoms with Gasteiger partial charge in [-0.3, -0.25) is 9.59 Å². The van der Waals surface area contributed by atoms with Crippen molar-refractivity contribution in [3.8, 4) is 5.75 Å². The van der Waals surface area contributed by atoms with E-state index in [2.05, 4.69) is 5.32 Å². The molecular formula is C19H30ClN3O3. The summed E-state index contributed by atoms with van der Waals surface area (Å²) in [6.07, 6.45) is 1.96. The lowest BCUT2D eigenvalue weighted by atomic mass is 9.95. The minimum atomic E-state index is -0.424. The maximum atomic E-state index is 12.4. The van der Waals surface area contributed by atoms with Gasteiger partial charge in [-0.2, -0.15) is 0 Å². The van der Waals surface area contributed by atoms with Crippen LogP contribution in [0.5, 0.6) is 5.75 Å².